The molecule has 1 atom stereocenters. The largest absolute Gasteiger partial charge is 0.396 e. The van der Waals surface area contributed by atoms with E-state index >= 15 is 0 Å². The standard InChI is InChI=1S/C15H15BrN4S/c1-2-12(15-18-5-6-21-15)20-14-10-7-9(16)3-4-13(10)19-8-11(14)17/h3-8,12H,2,17H2,1H3,(H,19,20). The quantitative estimate of drug-likeness (QED) is 0.711. The van der Waals surface area contributed by atoms with E-state index < -0.39 is 0 Å². The number of anilines is 2. The maximum Gasteiger partial charge on any atom is 0.115 e. The van der Waals surface area contributed by atoms with E-state index in [1.165, 1.54) is 0 Å². The summed E-state index contributed by atoms with van der Waals surface area (Å²) in [6.07, 6.45) is 4.47. The molecule has 0 aliphatic heterocycles. The Morgan fingerprint density at radius 2 is 2.24 bits per heavy atom. The van der Waals surface area contributed by atoms with Crippen molar-refractivity contribution in [3.05, 3.63) is 45.5 Å². The van der Waals surface area contributed by atoms with Gasteiger partial charge in [0.05, 0.1) is 29.1 Å². The molecular formula is C15H15BrN4S. The smallest absolute Gasteiger partial charge is 0.115 e. The molecule has 1 unspecified atom stereocenters. The van der Waals surface area contributed by atoms with E-state index in [9.17, 15) is 0 Å². The Labute approximate surface area is 135 Å². The molecule has 3 rings (SSSR count). The van der Waals surface area contributed by atoms with Crippen molar-refractivity contribution < 1.29 is 0 Å². The summed E-state index contributed by atoms with van der Waals surface area (Å²) in [7, 11) is 0. The van der Waals surface area contributed by atoms with Gasteiger partial charge < -0.3 is 11.1 Å². The lowest BCUT2D eigenvalue weighted by Gasteiger charge is -2.19. The molecule has 21 heavy (non-hydrogen) atoms. The van der Waals surface area contributed by atoms with Gasteiger partial charge in [0.25, 0.3) is 0 Å². The molecule has 6 heteroatoms. The highest BCUT2D eigenvalue weighted by Crippen LogP contribution is 2.34. The van der Waals surface area contributed by atoms with Crippen LogP contribution < -0.4 is 11.1 Å². The minimum atomic E-state index is 0.150. The second-order valence-electron chi connectivity index (χ2n) is 4.73. The van der Waals surface area contributed by atoms with Crippen LogP contribution in [0.2, 0.25) is 0 Å². The summed E-state index contributed by atoms with van der Waals surface area (Å²) in [5, 5.41) is 7.60. The van der Waals surface area contributed by atoms with Gasteiger partial charge in [0.15, 0.2) is 0 Å². The summed E-state index contributed by atoms with van der Waals surface area (Å²) in [5.41, 5.74) is 8.62. The van der Waals surface area contributed by atoms with Crippen molar-refractivity contribution in [2.45, 2.75) is 19.4 Å². The van der Waals surface area contributed by atoms with Crippen molar-refractivity contribution in [1.29, 1.82) is 0 Å². The van der Waals surface area contributed by atoms with Crippen LogP contribution in [0.5, 0.6) is 0 Å². The van der Waals surface area contributed by atoms with E-state index in [0.717, 1.165) is 32.5 Å². The molecule has 0 fully saturated rings. The second kappa shape index (κ2) is 5.99. The van der Waals surface area contributed by atoms with Crippen molar-refractivity contribution in [3.63, 3.8) is 0 Å². The number of nitrogens with one attached hydrogen (secondary N) is 1. The van der Waals surface area contributed by atoms with E-state index in [-0.39, 0.29) is 6.04 Å². The molecule has 0 saturated carbocycles. The van der Waals surface area contributed by atoms with Gasteiger partial charge in [-0.05, 0) is 24.6 Å². The highest BCUT2D eigenvalue weighted by molar-refractivity contribution is 9.10. The number of thiazole rings is 1. The monoisotopic (exact) mass is 362 g/mol. The van der Waals surface area contributed by atoms with Crippen LogP contribution in [0.25, 0.3) is 10.9 Å². The van der Waals surface area contributed by atoms with Crippen LogP contribution in [0.4, 0.5) is 11.4 Å². The first-order valence-corrected chi connectivity index (χ1v) is 8.36. The van der Waals surface area contributed by atoms with Gasteiger partial charge in [-0.15, -0.1) is 11.3 Å². The molecule has 0 aliphatic carbocycles. The van der Waals surface area contributed by atoms with Crippen molar-refractivity contribution >= 4 is 49.5 Å². The zero-order chi connectivity index (χ0) is 14.8. The van der Waals surface area contributed by atoms with Gasteiger partial charge in [-0.3, -0.25) is 4.98 Å². The van der Waals surface area contributed by atoms with Crippen LogP contribution >= 0.6 is 27.3 Å². The minimum Gasteiger partial charge on any atom is -0.396 e. The van der Waals surface area contributed by atoms with Gasteiger partial charge in [-0.25, -0.2) is 4.98 Å². The molecule has 0 bridgehead atoms. The SMILES string of the molecule is CCC(Nc1c(N)cnc2ccc(Br)cc12)c1nccs1. The summed E-state index contributed by atoms with van der Waals surface area (Å²) in [6.45, 7) is 2.13. The van der Waals surface area contributed by atoms with E-state index in [0.29, 0.717) is 5.69 Å². The number of nitrogens with two attached hydrogens (primary N) is 1. The Hall–Kier alpha value is -1.66. The molecule has 0 aliphatic rings. The van der Waals surface area contributed by atoms with Crippen LogP contribution in [-0.4, -0.2) is 9.97 Å². The predicted octanol–water partition coefficient (Wildman–Crippen LogP) is 4.60. The average Bonchev–Trinajstić information content (AvgIpc) is 3.00. The van der Waals surface area contributed by atoms with Gasteiger partial charge in [0.1, 0.15) is 5.01 Å². The Balaban J connectivity index is 2.06. The Kier molecular flexibility index (Phi) is 4.07. The first-order chi connectivity index (χ1) is 10.2. The molecular weight excluding hydrogens is 348 g/mol. The number of hydrogen-bond acceptors (Lipinski definition) is 5. The molecule has 3 aromatic rings. The van der Waals surface area contributed by atoms with Crippen molar-refractivity contribution in [3.8, 4) is 0 Å². The third kappa shape index (κ3) is 2.87. The maximum atomic E-state index is 6.14. The van der Waals surface area contributed by atoms with Gasteiger partial charge in [-0.2, -0.15) is 0 Å². The summed E-state index contributed by atoms with van der Waals surface area (Å²) in [6, 6.07) is 6.15. The molecule has 108 valence electrons. The van der Waals surface area contributed by atoms with Crippen molar-refractivity contribution in [2.75, 3.05) is 11.1 Å². The first-order valence-electron chi connectivity index (χ1n) is 6.68. The lowest BCUT2D eigenvalue weighted by atomic mass is 10.1. The molecule has 1 aromatic carbocycles. The molecule has 4 nitrogen and oxygen atoms in total. The number of rotatable bonds is 4. The van der Waals surface area contributed by atoms with Crippen LogP contribution in [0.15, 0.2) is 40.4 Å². The molecule has 2 heterocycles. The van der Waals surface area contributed by atoms with Gasteiger partial charge in [0, 0.05) is 21.4 Å². The molecule has 2 aromatic heterocycles. The number of nitrogens with zero attached hydrogens (tertiary/aromatic N) is 2. The fraction of sp³-hybridized carbons (Fsp3) is 0.200. The number of nitrogen functional groups attached to an aromatic ring is 1. The predicted molar refractivity (Wildman–Crippen MR) is 92.6 cm³/mol. The third-order valence-electron chi connectivity index (χ3n) is 3.34. The number of halogens is 1. The Morgan fingerprint density at radius 3 is 2.95 bits per heavy atom. The number of pyridine rings is 1. The summed E-state index contributed by atoms with van der Waals surface area (Å²) >= 11 is 5.16. The topological polar surface area (TPSA) is 63.8 Å². The van der Waals surface area contributed by atoms with Crippen molar-refractivity contribution in [2.24, 2.45) is 0 Å². The van der Waals surface area contributed by atoms with Crippen LogP contribution in [-0.2, 0) is 0 Å². The highest BCUT2D eigenvalue weighted by Gasteiger charge is 2.15. The normalized spacial score (nSPS) is 12.5. The first kappa shape index (κ1) is 14.3. The van der Waals surface area contributed by atoms with Crippen LogP contribution in [0, 0.1) is 0 Å². The fourth-order valence-electron chi connectivity index (χ4n) is 2.26. The summed E-state index contributed by atoms with van der Waals surface area (Å²) in [4.78, 5) is 8.78. The number of aromatic nitrogens is 2. The van der Waals surface area contributed by atoms with E-state index in [1.807, 2.05) is 29.8 Å². The Bertz CT molecular complexity index is 752. The molecule has 3 N–H and O–H groups in total. The lowest BCUT2D eigenvalue weighted by Crippen LogP contribution is -2.11. The third-order valence-corrected chi connectivity index (χ3v) is 4.72. The fourth-order valence-corrected chi connectivity index (χ4v) is 3.39. The molecule has 0 saturated heterocycles. The van der Waals surface area contributed by atoms with Gasteiger partial charge in [-0.1, -0.05) is 22.9 Å². The van der Waals surface area contributed by atoms with Crippen LogP contribution in [0.3, 0.4) is 0 Å². The minimum absolute atomic E-state index is 0.150. The second-order valence-corrected chi connectivity index (χ2v) is 6.57. The van der Waals surface area contributed by atoms with Gasteiger partial charge in [0.2, 0.25) is 0 Å². The number of benzene rings is 1. The summed E-state index contributed by atoms with van der Waals surface area (Å²) in [5.74, 6) is 0. The van der Waals surface area contributed by atoms with E-state index in [1.54, 1.807) is 17.5 Å². The van der Waals surface area contributed by atoms with Crippen molar-refractivity contribution in [1.82, 2.24) is 9.97 Å². The number of hydrogen-bond donors (Lipinski definition) is 2. The maximum absolute atomic E-state index is 6.14. The number of fused-ring (bicyclic) bond motifs is 1. The zero-order valence-electron chi connectivity index (χ0n) is 11.5. The Morgan fingerprint density at radius 1 is 1.38 bits per heavy atom. The average molecular weight is 363 g/mol. The molecule has 0 amide bonds. The lowest BCUT2D eigenvalue weighted by molar-refractivity contribution is 0.743. The van der Waals surface area contributed by atoms with E-state index in [4.69, 9.17) is 5.73 Å². The molecule has 0 spiro atoms. The highest BCUT2D eigenvalue weighted by atomic mass is 79.9. The van der Waals surface area contributed by atoms with Crippen LogP contribution in [0.1, 0.15) is 24.4 Å². The zero-order valence-corrected chi connectivity index (χ0v) is 13.9. The van der Waals surface area contributed by atoms with Gasteiger partial charge >= 0.3 is 0 Å². The molecule has 0 radical (unpaired) electrons. The van der Waals surface area contributed by atoms with E-state index in [2.05, 4.69) is 38.1 Å². The summed E-state index contributed by atoms with van der Waals surface area (Å²) < 4.78 is 1.01.